The van der Waals surface area contributed by atoms with Gasteiger partial charge in [-0.2, -0.15) is 0 Å². The molecule has 2 atom stereocenters. The molecule has 1 amide bonds. The highest BCUT2D eigenvalue weighted by atomic mass is 16.5. The topological polar surface area (TPSA) is 95.9 Å². The second-order valence-electron chi connectivity index (χ2n) is 26.7. The van der Waals surface area contributed by atoms with E-state index in [-0.39, 0.29) is 18.5 Å². The fourth-order valence-corrected chi connectivity index (χ4v) is 12.6. The van der Waals surface area contributed by atoms with Gasteiger partial charge < -0.3 is 20.3 Å². The Labute approximate surface area is 515 Å². The zero-order chi connectivity index (χ0) is 59.2. The van der Waals surface area contributed by atoms with Gasteiger partial charge in [-0.15, -0.1) is 0 Å². The molecule has 3 N–H and O–H groups in total. The van der Waals surface area contributed by atoms with Gasteiger partial charge in [0.15, 0.2) is 0 Å². The number of aliphatic hydroxyl groups excluding tert-OH is 2. The number of nitrogens with one attached hydrogen (secondary N) is 1. The summed E-state index contributed by atoms with van der Waals surface area (Å²) in [5.74, 6) is 0.00146. The lowest BCUT2D eigenvalue weighted by Crippen LogP contribution is -2.45. The summed E-state index contributed by atoms with van der Waals surface area (Å²) in [4.78, 5) is 24.6. The number of carbonyl (C=O) groups is 2. The van der Waals surface area contributed by atoms with Crippen LogP contribution in [0, 0.1) is 0 Å². The van der Waals surface area contributed by atoms with Crippen LogP contribution in [0.25, 0.3) is 0 Å². The van der Waals surface area contributed by atoms with Crippen LogP contribution >= 0.6 is 0 Å². The number of aliphatic hydroxyl groups is 2. The Hall–Kier alpha value is -1.14. The Kier molecular flexibility index (Phi) is 71.3. The zero-order valence-electron chi connectivity index (χ0n) is 56.3. The molecule has 0 aliphatic rings. The van der Waals surface area contributed by atoms with E-state index >= 15 is 0 Å². The summed E-state index contributed by atoms with van der Waals surface area (Å²) in [5, 5.41) is 23.3. The van der Waals surface area contributed by atoms with Gasteiger partial charge in [0.25, 0.3) is 0 Å². The second kappa shape index (κ2) is 72.3. The lowest BCUT2D eigenvalue weighted by molar-refractivity contribution is -0.143. The van der Waals surface area contributed by atoms with Crippen LogP contribution in [0.2, 0.25) is 0 Å². The molecule has 0 heterocycles. The summed E-state index contributed by atoms with van der Waals surface area (Å²) >= 11 is 0. The molecular formula is C76H151NO5. The fraction of sp³-hybridized carbons (Fsp3) is 0.974. The third kappa shape index (κ3) is 68.0. The highest BCUT2D eigenvalue weighted by molar-refractivity contribution is 5.76. The number of ether oxygens (including phenoxy) is 1. The van der Waals surface area contributed by atoms with Crippen LogP contribution < -0.4 is 5.32 Å². The van der Waals surface area contributed by atoms with E-state index in [9.17, 15) is 19.8 Å². The molecule has 0 aromatic heterocycles. The average molecular weight is 1160 g/mol. The van der Waals surface area contributed by atoms with Crippen LogP contribution in [0.4, 0.5) is 0 Å². The lowest BCUT2D eigenvalue weighted by Gasteiger charge is -2.22. The molecule has 0 aliphatic carbocycles. The van der Waals surface area contributed by atoms with Gasteiger partial charge in [-0.3, -0.25) is 9.59 Å². The second-order valence-corrected chi connectivity index (χ2v) is 26.7. The normalized spacial score (nSPS) is 12.4. The van der Waals surface area contributed by atoms with E-state index < -0.39 is 12.1 Å². The van der Waals surface area contributed by atoms with Gasteiger partial charge in [-0.25, -0.2) is 0 Å². The number of hydrogen-bond donors (Lipinski definition) is 3. The molecule has 2 unspecified atom stereocenters. The standard InChI is InChI=1S/C76H151NO5/c1-3-5-7-9-11-13-15-17-18-43-46-50-54-58-62-66-70-76(81)82-71-67-63-59-55-51-47-44-41-39-37-35-33-31-29-27-25-23-21-19-20-22-24-26-28-30-32-34-36-38-40-42-45-49-53-57-61-65-69-75(80)77-73(72-78)74(79)68-64-60-56-52-48-16-14-12-10-8-6-4-2/h73-74,78-79H,3-72H2,1-2H3,(H,77,80). The van der Waals surface area contributed by atoms with Crippen molar-refractivity contribution in [2.24, 2.45) is 0 Å². The van der Waals surface area contributed by atoms with Gasteiger partial charge in [0.2, 0.25) is 5.91 Å². The van der Waals surface area contributed by atoms with Crippen molar-refractivity contribution in [2.75, 3.05) is 13.2 Å². The molecule has 0 fully saturated rings. The summed E-state index contributed by atoms with van der Waals surface area (Å²) < 4.78 is 5.51. The quantitative estimate of drug-likeness (QED) is 0.0417. The molecule has 0 saturated carbocycles. The minimum absolute atomic E-state index is 0.0266. The predicted octanol–water partition coefficient (Wildman–Crippen LogP) is 24.9. The number of amides is 1. The maximum Gasteiger partial charge on any atom is 0.305 e. The van der Waals surface area contributed by atoms with E-state index in [1.54, 1.807) is 0 Å². The Morgan fingerprint density at radius 2 is 0.500 bits per heavy atom. The van der Waals surface area contributed by atoms with Crippen LogP contribution in [0.15, 0.2) is 0 Å². The number of hydrogen-bond acceptors (Lipinski definition) is 5. The zero-order valence-corrected chi connectivity index (χ0v) is 56.3. The minimum atomic E-state index is -0.658. The SMILES string of the molecule is CCCCCCCCCCCCCCCCCCC(=O)OCCCCCCCCCCCCCCCCCCCCCCCCCCCCCCCCCCCCCCCC(=O)NC(CO)C(O)CCCCCCCCCCCCCC. The summed E-state index contributed by atoms with van der Waals surface area (Å²) in [5.41, 5.74) is 0. The predicted molar refractivity (Wildman–Crippen MR) is 361 cm³/mol. The Morgan fingerprint density at radius 1 is 0.293 bits per heavy atom. The Morgan fingerprint density at radius 3 is 0.744 bits per heavy atom. The summed E-state index contributed by atoms with van der Waals surface area (Å²) in [7, 11) is 0. The first kappa shape index (κ1) is 80.9. The molecule has 0 bridgehead atoms. The molecule has 6 nitrogen and oxygen atoms in total. The first-order valence-electron chi connectivity index (χ1n) is 38.3. The van der Waals surface area contributed by atoms with Crippen molar-refractivity contribution in [3.05, 3.63) is 0 Å². The van der Waals surface area contributed by atoms with E-state index in [0.29, 0.717) is 25.9 Å². The van der Waals surface area contributed by atoms with Crippen molar-refractivity contribution in [1.82, 2.24) is 5.32 Å². The first-order chi connectivity index (χ1) is 40.5. The van der Waals surface area contributed by atoms with E-state index in [4.69, 9.17) is 4.74 Å². The van der Waals surface area contributed by atoms with E-state index in [0.717, 1.165) is 38.5 Å². The lowest BCUT2D eigenvalue weighted by atomic mass is 10.0. The maximum absolute atomic E-state index is 12.5. The van der Waals surface area contributed by atoms with Crippen molar-refractivity contribution < 1.29 is 24.5 Å². The third-order valence-electron chi connectivity index (χ3n) is 18.4. The number of carbonyl (C=O) groups excluding carboxylic acids is 2. The van der Waals surface area contributed by atoms with E-state index in [2.05, 4.69) is 19.2 Å². The molecule has 6 heteroatoms. The Balaban J connectivity index is 3.26. The van der Waals surface area contributed by atoms with E-state index in [1.165, 1.54) is 379 Å². The van der Waals surface area contributed by atoms with Crippen LogP contribution in [0.3, 0.4) is 0 Å². The van der Waals surface area contributed by atoms with Crippen LogP contribution in [-0.4, -0.2) is 47.4 Å². The summed E-state index contributed by atoms with van der Waals surface area (Å²) in [6, 6.07) is -0.535. The fourth-order valence-electron chi connectivity index (χ4n) is 12.6. The summed E-state index contributed by atoms with van der Waals surface area (Å²) in [6.45, 7) is 5.00. The summed E-state index contributed by atoms with van der Waals surface area (Å²) in [6.07, 6.45) is 89.2. The monoisotopic (exact) mass is 1160 g/mol. The smallest absolute Gasteiger partial charge is 0.305 e. The highest BCUT2D eigenvalue weighted by Gasteiger charge is 2.20. The molecule has 0 aliphatic heterocycles. The van der Waals surface area contributed by atoms with Gasteiger partial charge in [-0.05, 0) is 25.7 Å². The van der Waals surface area contributed by atoms with Crippen LogP contribution in [0.1, 0.15) is 450 Å². The van der Waals surface area contributed by atoms with Gasteiger partial charge in [0.05, 0.1) is 25.4 Å². The van der Waals surface area contributed by atoms with Crippen LogP contribution in [-0.2, 0) is 14.3 Å². The van der Waals surface area contributed by atoms with Crippen molar-refractivity contribution in [1.29, 1.82) is 0 Å². The van der Waals surface area contributed by atoms with Crippen molar-refractivity contribution >= 4 is 11.9 Å². The van der Waals surface area contributed by atoms with Gasteiger partial charge in [0, 0.05) is 12.8 Å². The molecule has 0 spiro atoms. The number of rotatable bonds is 73. The van der Waals surface area contributed by atoms with Crippen molar-refractivity contribution in [3.8, 4) is 0 Å². The minimum Gasteiger partial charge on any atom is -0.466 e. The molecule has 82 heavy (non-hydrogen) atoms. The third-order valence-corrected chi connectivity index (χ3v) is 18.4. The average Bonchev–Trinajstić information content (AvgIpc) is 3.48. The first-order valence-corrected chi connectivity index (χ1v) is 38.3. The maximum atomic E-state index is 12.5. The molecule has 0 aromatic carbocycles. The molecule has 0 rings (SSSR count). The van der Waals surface area contributed by atoms with Crippen molar-refractivity contribution in [3.63, 3.8) is 0 Å². The van der Waals surface area contributed by atoms with Gasteiger partial charge >= 0.3 is 5.97 Å². The Bertz CT molecular complexity index is 1200. The van der Waals surface area contributed by atoms with Crippen molar-refractivity contribution in [2.45, 2.75) is 463 Å². The highest BCUT2D eigenvalue weighted by Crippen LogP contribution is 2.20. The van der Waals surface area contributed by atoms with E-state index in [1.807, 2.05) is 0 Å². The molecule has 490 valence electrons. The number of esters is 1. The largest absolute Gasteiger partial charge is 0.466 e. The van der Waals surface area contributed by atoms with Crippen LogP contribution in [0.5, 0.6) is 0 Å². The van der Waals surface area contributed by atoms with Gasteiger partial charge in [-0.1, -0.05) is 412 Å². The molecular weight excluding hydrogens is 1010 g/mol. The molecule has 0 aromatic rings. The van der Waals surface area contributed by atoms with Gasteiger partial charge in [0.1, 0.15) is 0 Å². The molecule has 0 saturated heterocycles. The number of unbranched alkanes of at least 4 members (excludes halogenated alkanes) is 62. The molecule has 0 radical (unpaired) electrons.